The smallest absolute Gasteiger partial charge is 0.243 e. The maximum atomic E-state index is 12.0. The fourth-order valence-corrected chi connectivity index (χ4v) is 2.54. The summed E-state index contributed by atoms with van der Waals surface area (Å²) in [6.07, 6.45) is 3.70. The predicted octanol–water partition coefficient (Wildman–Crippen LogP) is -0.667. The van der Waals surface area contributed by atoms with Crippen molar-refractivity contribution in [2.75, 3.05) is 40.8 Å². The van der Waals surface area contributed by atoms with Gasteiger partial charge in [0.2, 0.25) is 10.0 Å². The zero-order chi connectivity index (χ0) is 14.3. The number of sulfonamides is 1. The van der Waals surface area contributed by atoms with Gasteiger partial charge in [-0.1, -0.05) is 0 Å². The number of likely N-dealkylation sites (N-methyl/N-ethyl adjacent to an activating group) is 1. The first-order valence-corrected chi connectivity index (χ1v) is 7.75. The van der Waals surface area contributed by atoms with E-state index in [0.29, 0.717) is 13.1 Å². The highest BCUT2D eigenvalue weighted by Crippen LogP contribution is 2.06. The first-order chi connectivity index (χ1) is 8.95. The Kier molecular flexibility index (Phi) is 6.43. The Bertz CT molecular complexity index is 469. The average molecular weight is 289 g/mol. The van der Waals surface area contributed by atoms with Crippen molar-refractivity contribution in [1.82, 2.24) is 24.7 Å². The largest absolute Gasteiger partial charge is 0.318 e. The number of nitrogens with one attached hydrogen (secondary N) is 2. The van der Waals surface area contributed by atoms with E-state index in [4.69, 9.17) is 0 Å². The van der Waals surface area contributed by atoms with Crippen molar-refractivity contribution in [3.63, 3.8) is 0 Å². The van der Waals surface area contributed by atoms with Crippen molar-refractivity contribution in [2.24, 2.45) is 0 Å². The Labute approximate surface area is 115 Å². The summed E-state index contributed by atoms with van der Waals surface area (Å²) in [6.45, 7) is 2.68. The molecule has 1 aromatic rings. The molecule has 0 atom stereocenters. The van der Waals surface area contributed by atoms with Crippen molar-refractivity contribution in [3.05, 3.63) is 12.4 Å². The Balaban J connectivity index is 2.50. The lowest BCUT2D eigenvalue weighted by atomic mass is 10.4. The molecule has 2 N–H and O–H groups in total. The first-order valence-electron chi connectivity index (χ1n) is 6.27. The third-order valence-electron chi connectivity index (χ3n) is 2.58. The summed E-state index contributed by atoms with van der Waals surface area (Å²) >= 11 is 0. The Hall–Kier alpha value is -0.960. The summed E-state index contributed by atoms with van der Waals surface area (Å²) in [4.78, 5) is 2.23. The summed E-state index contributed by atoms with van der Waals surface area (Å²) in [5.41, 5.74) is 0. The summed E-state index contributed by atoms with van der Waals surface area (Å²) in [5.74, 6) is 0. The number of hydrogen-bond acceptors (Lipinski definition) is 5. The molecule has 0 saturated heterocycles. The van der Waals surface area contributed by atoms with E-state index in [0.717, 1.165) is 19.5 Å². The highest BCUT2D eigenvalue weighted by atomic mass is 32.2. The van der Waals surface area contributed by atoms with Crippen molar-refractivity contribution >= 4 is 10.0 Å². The predicted molar refractivity (Wildman–Crippen MR) is 74.5 cm³/mol. The molecular weight excluding hydrogens is 266 g/mol. The molecule has 1 aromatic heterocycles. The zero-order valence-electron chi connectivity index (χ0n) is 11.8. The maximum Gasteiger partial charge on any atom is 0.243 e. The van der Waals surface area contributed by atoms with E-state index in [-0.39, 0.29) is 4.90 Å². The maximum absolute atomic E-state index is 12.0. The van der Waals surface area contributed by atoms with Crippen LogP contribution >= 0.6 is 0 Å². The number of aromatic nitrogens is 2. The minimum absolute atomic E-state index is 0.216. The second-order valence-corrected chi connectivity index (χ2v) is 6.36. The van der Waals surface area contributed by atoms with Crippen LogP contribution in [0.3, 0.4) is 0 Å². The molecule has 0 radical (unpaired) electrons. The Morgan fingerprint density at radius 1 is 1.37 bits per heavy atom. The van der Waals surface area contributed by atoms with Gasteiger partial charge in [-0.3, -0.25) is 4.68 Å². The van der Waals surface area contributed by atoms with Gasteiger partial charge in [0.15, 0.2) is 0 Å². The number of rotatable bonds is 9. The molecule has 0 aromatic carbocycles. The molecule has 19 heavy (non-hydrogen) atoms. The van der Waals surface area contributed by atoms with Crippen molar-refractivity contribution in [1.29, 1.82) is 0 Å². The van der Waals surface area contributed by atoms with Gasteiger partial charge in [-0.25, -0.2) is 13.1 Å². The van der Waals surface area contributed by atoms with E-state index >= 15 is 0 Å². The van der Waals surface area contributed by atoms with Gasteiger partial charge >= 0.3 is 0 Å². The van der Waals surface area contributed by atoms with Gasteiger partial charge in [-0.05, 0) is 34.1 Å². The average Bonchev–Trinajstić information content (AvgIpc) is 2.81. The zero-order valence-corrected chi connectivity index (χ0v) is 12.6. The first kappa shape index (κ1) is 16.1. The minimum Gasteiger partial charge on any atom is -0.318 e. The summed E-state index contributed by atoms with van der Waals surface area (Å²) in [5, 5.41) is 7.01. The molecule has 1 heterocycles. The molecule has 0 saturated carbocycles. The second-order valence-electron chi connectivity index (χ2n) is 4.60. The molecule has 0 unspecified atom stereocenters. The van der Waals surface area contributed by atoms with Gasteiger partial charge in [0.1, 0.15) is 4.90 Å². The van der Waals surface area contributed by atoms with E-state index in [1.54, 1.807) is 10.9 Å². The van der Waals surface area contributed by atoms with Gasteiger partial charge in [-0.15, -0.1) is 0 Å². The van der Waals surface area contributed by atoms with E-state index in [1.165, 1.54) is 6.20 Å². The van der Waals surface area contributed by atoms with Crippen LogP contribution in [-0.4, -0.2) is 63.9 Å². The van der Waals surface area contributed by atoms with Crippen molar-refractivity contribution in [3.8, 4) is 0 Å². The summed E-state index contributed by atoms with van der Waals surface area (Å²) in [7, 11) is 2.32. The van der Waals surface area contributed by atoms with Crippen LogP contribution in [0.15, 0.2) is 17.3 Å². The molecule has 8 heteroatoms. The van der Waals surface area contributed by atoms with Gasteiger partial charge in [0, 0.05) is 19.3 Å². The molecule has 0 aliphatic heterocycles. The van der Waals surface area contributed by atoms with Crippen LogP contribution in [0.4, 0.5) is 0 Å². The quantitative estimate of drug-likeness (QED) is 0.590. The molecule has 7 nitrogen and oxygen atoms in total. The van der Waals surface area contributed by atoms with Crippen molar-refractivity contribution in [2.45, 2.75) is 17.9 Å². The van der Waals surface area contributed by atoms with Crippen LogP contribution in [0.25, 0.3) is 0 Å². The lowest BCUT2D eigenvalue weighted by molar-refractivity contribution is 0.400. The van der Waals surface area contributed by atoms with Crippen LogP contribution in [0.2, 0.25) is 0 Å². The standard InChI is InChI=1S/C11H23N5O2S/c1-12-6-8-16-10-11(9-13-16)19(17,18)14-5-4-7-15(2)3/h9-10,12,14H,4-8H2,1-3H3. The highest BCUT2D eigenvalue weighted by molar-refractivity contribution is 7.89. The van der Waals surface area contributed by atoms with Crippen molar-refractivity contribution < 1.29 is 8.42 Å². The highest BCUT2D eigenvalue weighted by Gasteiger charge is 2.15. The Morgan fingerprint density at radius 3 is 2.74 bits per heavy atom. The van der Waals surface area contributed by atoms with Crippen LogP contribution in [0.1, 0.15) is 6.42 Å². The van der Waals surface area contributed by atoms with Crippen LogP contribution in [0, 0.1) is 0 Å². The van der Waals surface area contributed by atoms with Gasteiger partial charge < -0.3 is 10.2 Å². The molecule has 0 amide bonds. The molecule has 0 aliphatic carbocycles. The van der Waals surface area contributed by atoms with Gasteiger partial charge in [0.25, 0.3) is 0 Å². The van der Waals surface area contributed by atoms with Crippen LogP contribution in [0.5, 0.6) is 0 Å². The molecule has 1 rings (SSSR count). The van der Waals surface area contributed by atoms with E-state index in [9.17, 15) is 8.42 Å². The lowest BCUT2D eigenvalue weighted by Gasteiger charge is -2.09. The molecule has 0 spiro atoms. The third kappa shape index (κ3) is 5.68. The number of nitrogens with zero attached hydrogens (tertiary/aromatic N) is 3. The van der Waals surface area contributed by atoms with E-state index in [1.807, 2.05) is 26.0 Å². The molecular formula is C11H23N5O2S. The molecule has 0 bridgehead atoms. The summed E-state index contributed by atoms with van der Waals surface area (Å²) in [6, 6.07) is 0. The lowest BCUT2D eigenvalue weighted by Crippen LogP contribution is -2.27. The van der Waals surface area contributed by atoms with Gasteiger partial charge in [-0.2, -0.15) is 5.10 Å². The van der Waals surface area contributed by atoms with Gasteiger partial charge in [0.05, 0.1) is 12.7 Å². The molecule has 0 fully saturated rings. The van der Waals surface area contributed by atoms with E-state index in [2.05, 4.69) is 15.1 Å². The van der Waals surface area contributed by atoms with E-state index < -0.39 is 10.0 Å². The normalized spacial score (nSPS) is 12.2. The molecule has 110 valence electrons. The second kappa shape index (κ2) is 7.59. The fraction of sp³-hybridized carbons (Fsp3) is 0.727. The summed E-state index contributed by atoms with van der Waals surface area (Å²) < 4.78 is 28.1. The van der Waals surface area contributed by atoms with Crippen LogP contribution < -0.4 is 10.0 Å². The van der Waals surface area contributed by atoms with Crippen LogP contribution in [-0.2, 0) is 16.6 Å². The SMILES string of the molecule is CNCCn1cc(S(=O)(=O)NCCCN(C)C)cn1. The third-order valence-corrected chi connectivity index (χ3v) is 4.00. The molecule has 0 aliphatic rings. The fourth-order valence-electron chi connectivity index (χ4n) is 1.52. The minimum atomic E-state index is -3.43. The topological polar surface area (TPSA) is 79.3 Å². The monoisotopic (exact) mass is 289 g/mol. The Morgan fingerprint density at radius 2 is 2.11 bits per heavy atom. The number of hydrogen-bond donors (Lipinski definition) is 2.